The van der Waals surface area contributed by atoms with Crippen molar-refractivity contribution in [1.29, 1.82) is 0 Å². The predicted molar refractivity (Wildman–Crippen MR) is 152 cm³/mol. The zero-order chi connectivity index (χ0) is 27.9. The van der Waals surface area contributed by atoms with Crippen LogP contribution in [0.1, 0.15) is 45.1 Å². The molecule has 0 saturated heterocycles. The molecule has 1 amide bonds. The maximum absolute atomic E-state index is 13.3. The summed E-state index contributed by atoms with van der Waals surface area (Å²) in [6, 6.07) is 8.54. The number of esters is 1. The van der Waals surface area contributed by atoms with Crippen molar-refractivity contribution in [2.75, 3.05) is 46.4 Å². The van der Waals surface area contributed by atoms with Gasteiger partial charge < -0.3 is 30.1 Å². The number of aliphatic hydroxyl groups excluding tert-OH is 1. The molecular weight excluding hydrogens is 529 g/mol. The summed E-state index contributed by atoms with van der Waals surface area (Å²) in [5, 5.41) is 15.4. The number of nitrogens with zero attached hydrogens (tertiary/aromatic N) is 1. The Morgan fingerprint density at radius 3 is 2.47 bits per heavy atom. The van der Waals surface area contributed by atoms with Crippen molar-refractivity contribution in [1.82, 2.24) is 15.5 Å². The Labute approximate surface area is 237 Å². The molecule has 0 aromatic heterocycles. The lowest BCUT2D eigenvalue weighted by atomic mass is 9.83. The van der Waals surface area contributed by atoms with Crippen molar-refractivity contribution in [3.8, 4) is 0 Å². The highest BCUT2D eigenvalue weighted by molar-refractivity contribution is 6.25. The van der Waals surface area contributed by atoms with E-state index >= 15 is 0 Å². The number of carbonyl (C=O) groups is 2. The van der Waals surface area contributed by atoms with Crippen molar-refractivity contribution < 1.29 is 24.2 Å². The van der Waals surface area contributed by atoms with Crippen LogP contribution in [-0.2, 0) is 25.5 Å². The van der Waals surface area contributed by atoms with Gasteiger partial charge in [-0.15, -0.1) is 23.2 Å². The largest absolute Gasteiger partial charge is 0.464 e. The number of aliphatic hydroxyl groups is 1. The van der Waals surface area contributed by atoms with Crippen LogP contribution in [0.5, 0.6) is 0 Å². The van der Waals surface area contributed by atoms with E-state index in [-0.39, 0.29) is 19.4 Å². The summed E-state index contributed by atoms with van der Waals surface area (Å²) >= 11 is 13.1. The van der Waals surface area contributed by atoms with Crippen LogP contribution in [0.4, 0.5) is 0 Å². The first-order valence-corrected chi connectivity index (χ1v) is 14.6. The van der Waals surface area contributed by atoms with Crippen LogP contribution in [0.2, 0.25) is 0 Å². The fraction of sp³-hybridized carbons (Fsp3) is 0.714. The average molecular weight is 575 g/mol. The van der Waals surface area contributed by atoms with E-state index in [2.05, 4.69) is 29.4 Å². The van der Waals surface area contributed by atoms with Crippen LogP contribution in [0.15, 0.2) is 30.3 Å². The first kappa shape index (κ1) is 32.8. The van der Waals surface area contributed by atoms with Gasteiger partial charge in [0.15, 0.2) is 0 Å². The molecule has 0 heterocycles. The summed E-state index contributed by atoms with van der Waals surface area (Å²) in [5.74, 6) is -1.83. The number of nitrogens with one attached hydrogen (secondary N) is 2. The minimum Gasteiger partial charge on any atom is -0.464 e. The summed E-state index contributed by atoms with van der Waals surface area (Å²) in [6.07, 6.45) is 1.24. The molecule has 2 rings (SSSR count). The number of carbonyl (C=O) groups excluding carboxylic acids is 2. The Kier molecular flexibility index (Phi) is 15.6. The number of benzene rings is 1. The van der Waals surface area contributed by atoms with Crippen LogP contribution in [0, 0.1) is 5.92 Å². The van der Waals surface area contributed by atoms with Crippen molar-refractivity contribution in [3.05, 3.63) is 35.9 Å². The number of ether oxygens (including phenoxy) is 2. The zero-order valence-corrected chi connectivity index (χ0v) is 24.4. The van der Waals surface area contributed by atoms with E-state index in [0.29, 0.717) is 13.0 Å². The Balaban J connectivity index is 1.99. The third kappa shape index (κ3) is 10.6. The summed E-state index contributed by atoms with van der Waals surface area (Å²) in [4.78, 5) is 28.6. The highest BCUT2D eigenvalue weighted by Crippen LogP contribution is 2.34. The SMILES string of the molecule is CCN(CC)CCCOC(=O)[C@H](Cc1ccccc1)NC(=O)C1CC(Cl)C(OCCCCNC)C(Cl)C1O. The third-order valence-electron chi connectivity index (χ3n) is 7.00. The molecular formula is C28H45Cl2N3O5. The fourth-order valence-electron chi connectivity index (χ4n) is 4.64. The minimum absolute atomic E-state index is 0.190. The number of alkyl halides is 2. The van der Waals surface area contributed by atoms with E-state index in [0.717, 1.165) is 44.6 Å². The molecule has 5 unspecified atom stereocenters. The van der Waals surface area contributed by atoms with Gasteiger partial charge >= 0.3 is 5.97 Å². The lowest BCUT2D eigenvalue weighted by Crippen LogP contribution is -2.56. The van der Waals surface area contributed by atoms with E-state index < -0.39 is 46.8 Å². The number of unbranched alkanes of at least 4 members (excludes halogenated alkanes) is 1. The van der Waals surface area contributed by atoms with Crippen molar-refractivity contribution >= 4 is 35.1 Å². The topological polar surface area (TPSA) is 100 Å². The molecule has 8 nitrogen and oxygen atoms in total. The molecule has 1 aliphatic rings. The summed E-state index contributed by atoms with van der Waals surface area (Å²) in [6.45, 7) is 8.52. The Hall–Kier alpha value is -1.42. The molecule has 0 aliphatic heterocycles. The van der Waals surface area contributed by atoms with E-state index in [1.165, 1.54) is 0 Å². The molecule has 0 spiro atoms. The molecule has 216 valence electrons. The van der Waals surface area contributed by atoms with E-state index in [1.54, 1.807) is 0 Å². The molecule has 1 aliphatic carbocycles. The Morgan fingerprint density at radius 1 is 1.11 bits per heavy atom. The van der Waals surface area contributed by atoms with Gasteiger partial charge in [-0.3, -0.25) is 4.79 Å². The first-order chi connectivity index (χ1) is 18.3. The lowest BCUT2D eigenvalue weighted by molar-refractivity contribution is -0.149. The van der Waals surface area contributed by atoms with Gasteiger partial charge in [-0.25, -0.2) is 4.79 Å². The number of halogens is 2. The van der Waals surface area contributed by atoms with Gasteiger partial charge in [-0.05, 0) is 57.9 Å². The molecule has 6 atom stereocenters. The average Bonchev–Trinajstić information content (AvgIpc) is 2.92. The minimum atomic E-state index is -1.16. The first-order valence-electron chi connectivity index (χ1n) is 13.8. The molecule has 3 N–H and O–H groups in total. The van der Waals surface area contributed by atoms with Gasteiger partial charge in [-0.1, -0.05) is 44.2 Å². The quantitative estimate of drug-likeness (QED) is 0.150. The van der Waals surface area contributed by atoms with Crippen LogP contribution in [0.3, 0.4) is 0 Å². The highest BCUT2D eigenvalue weighted by Gasteiger charge is 2.46. The smallest absolute Gasteiger partial charge is 0.328 e. The highest BCUT2D eigenvalue weighted by atomic mass is 35.5. The standard InChI is InChI=1S/C28H45Cl2N3O5/c1-4-33(5-2)15-11-17-38-28(36)23(18-20-12-7-6-8-13-20)32-27(35)21-19-22(29)26(24(30)25(21)34)37-16-10-9-14-31-3/h6-8,12-13,21-26,31,34H,4-5,9-11,14-19H2,1-3H3,(H,32,35)/t21?,22?,23-,24?,25?,26?/m0/s1. The second kappa shape index (κ2) is 18.0. The van der Waals surface area contributed by atoms with E-state index in [9.17, 15) is 14.7 Å². The molecule has 1 fully saturated rings. The van der Waals surface area contributed by atoms with Crippen molar-refractivity contribution in [3.63, 3.8) is 0 Å². The number of amides is 1. The molecule has 38 heavy (non-hydrogen) atoms. The predicted octanol–water partition coefficient (Wildman–Crippen LogP) is 2.97. The van der Waals surface area contributed by atoms with Crippen LogP contribution in [-0.4, -0.2) is 97.3 Å². The summed E-state index contributed by atoms with van der Waals surface area (Å²) < 4.78 is 11.4. The lowest BCUT2D eigenvalue weighted by Gasteiger charge is -2.39. The van der Waals surface area contributed by atoms with Crippen molar-refractivity contribution in [2.24, 2.45) is 5.92 Å². The molecule has 1 aromatic rings. The molecule has 10 heteroatoms. The Morgan fingerprint density at radius 2 is 1.82 bits per heavy atom. The van der Waals surface area contributed by atoms with Crippen LogP contribution >= 0.6 is 23.2 Å². The van der Waals surface area contributed by atoms with Gasteiger partial charge in [0, 0.05) is 19.6 Å². The monoisotopic (exact) mass is 573 g/mol. The number of hydrogen-bond acceptors (Lipinski definition) is 7. The Bertz CT molecular complexity index is 815. The normalized spacial score (nSPS) is 24.2. The number of hydrogen-bond donors (Lipinski definition) is 3. The summed E-state index contributed by atoms with van der Waals surface area (Å²) in [5.41, 5.74) is 0.888. The van der Waals surface area contributed by atoms with Crippen LogP contribution < -0.4 is 10.6 Å². The maximum atomic E-state index is 13.3. The molecule has 1 aromatic carbocycles. The summed E-state index contributed by atoms with van der Waals surface area (Å²) in [7, 11) is 1.89. The fourth-order valence-corrected chi connectivity index (χ4v) is 5.56. The van der Waals surface area contributed by atoms with Crippen LogP contribution in [0.25, 0.3) is 0 Å². The molecule has 1 saturated carbocycles. The van der Waals surface area contributed by atoms with Crippen molar-refractivity contribution in [2.45, 2.75) is 75.0 Å². The van der Waals surface area contributed by atoms with Gasteiger partial charge in [0.25, 0.3) is 0 Å². The molecule has 0 bridgehead atoms. The molecule has 0 radical (unpaired) electrons. The van der Waals surface area contributed by atoms with E-state index in [4.69, 9.17) is 32.7 Å². The van der Waals surface area contributed by atoms with Gasteiger partial charge in [0.05, 0.1) is 35.5 Å². The van der Waals surface area contributed by atoms with Gasteiger partial charge in [0.2, 0.25) is 5.91 Å². The zero-order valence-electron chi connectivity index (χ0n) is 22.9. The third-order valence-corrected chi connectivity index (χ3v) is 7.93. The second-order valence-electron chi connectivity index (χ2n) is 9.74. The number of rotatable bonds is 17. The van der Waals surface area contributed by atoms with Gasteiger partial charge in [-0.2, -0.15) is 0 Å². The van der Waals surface area contributed by atoms with E-state index in [1.807, 2.05) is 37.4 Å². The van der Waals surface area contributed by atoms with Gasteiger partial charge in [0.1, 0.15) is 6.04 Å². The maximum Gasteiger partial charge on any atom is 0.328 e. The second-order valence-corrected chi connectivity index (χ2v) is 10.8.